The second-order valence-electron chi connectivity index (χ2n) is 4.03. The molecule has 1 aliphatic heterocycles. The Morgan fingerprint density at radius 2 is 1.50 bits per heavy atom. The van der Waals surface area contributed by atoms with E-state index in [1.807, 2.05) is 60.7 Å². The summed E-state index contributed by atoms with van der Waals surface area (Å²) in [6, 6.07) is 18.3. The molecule has 0 amide bonds. The van der Waals surface area contributed by atoms with E-state index < -0.39 is 6.04 Å². The van der Waals surface area contributed by atoms with Crippen LogP contribution in [-0.2, 0) is 9.53 Å². The quantitative estimate of drug-likeness (QED) is 0.753. The Bertz CT molecular complexity index is 590. The number of aliphatic imine (C=N–C) groups is 1. The molecule has 2 aromatic carbocycles. The highest BCUT2D eigenvalue weighted by Crippen LogP contribution is 2.26. The molecule has 0 radical (unpaired) electrons. The molecule has 0 saturated carbocycles. The van der Waals surface area contributed by atoms with Gasteiger partial charge in [0, 0.05) is 5.56 Å². The molecule has 0 fully saturated rings. The number of benzene rings is 2. The van der Waals surface area contributed by atoms with E-state index in [1.54, 1.807) is 0 Å². The molecule has 0 bridgehead atoms. The van der Waals surface area contributed by atoms with Gasteiger partial charge in [-0.2, -0.15) is 0 Å². The summed E-state index contributed by atoms with van der Waals surface area (Å²) in [7, 11) is 0. The number of ether oxygens (including phenoxy) is 1. The van der Waals surface area contributed by atoms with Crippen molar-refractivity contribution in [2.45, 2.75) is 6.04 Å². The zero-order valence-corrected chi connectivity index (χ0v) is 9.61. The SMILES string of the molecule is O=C1OC(c2ccccc2)=N[C@H]1c1ccccc1. The highest BCUT2D eigenvalue weighted by atomic mass is 16.6. The third-order valence-corrected chi connectivity index (χ3v) is 2.80. The van der Waals surface area contributed by atoms with E-state index in [4.69, 9.17) is 4.74 Å². The topological polar surface area (TPSA) is 38.7 Å². The second-order valence-corrected chi connectivity index (χ2v) is 4.03. The fourth-order valence-corrected chi connectivity index (χ4v) is 1.91. The van der Waals surface area contributed by atoms with Crippen molar-refractivity contribution in [2.24, 2.45) is 4.99 Å². The van der Waals surface area contributed by atoms with E-state index in [-0.39, 0.29) is 5.97 Å². The first-order chi connectivity index (χ1) is 8.84. The van der Waals surface area contributed by atoms with E-state index in [0.717, 1.165) is 11.1 Å². The van der Waals surface area contributed by atoms with Crippen LogP contribution in [-0.4, -0.2) is 11.9 Å². The van der Waals surface area contributed by atoms with Crippen molar-refractivity contribution in [1.82, 2.24) is 0 Å². The normalized spacial score (nSPS) is 18.3. The Labute approximate surface area is 105 Å². The number of hydrogen-bond donors (Lipinski definition) is 0. The van der Waals surface area contributed by atoms with E-state index >= 15 is 0 Å². The van der Waals surface area contributed by atoms with Crippen molar-refractivity contribution in [3.63, 3.8) is 0 Å². The van der Waals surface area contributed by atoms with Crippen LogP contribution in [0.3, 0.4) is 0 Å². The monoisotopic (exact) mass is 237 g/mol. The third kappa shape index (κ3) is 1.91. The zero-order chi connectivity index (χ0) is 12.4. The Morgan fingerprint density at radius 1 is 0.889 bits per heavy atom. The molecule has 1 heterocycles. The van der Waals surface area contributed by atoms with Gasteiger partial charge in [-0.05, 0) is 17.7 Å². The number of carbonyl (C=O) groups excluding carboxylic acids is 1. The molecule has 3 heteroatoms. The van der Waals surface area contributed by atoms with E-state index in [9.17, 15) is 4.79 Å². The molecule has 0 N–H and O–H groups in total. The van der Waals surface area contributed by atoms with Gasteiger partial charge in [0.25, 0.3) is 0 Å². The van der Waals surface area contributed by atoms with Crippen molar-refractivity contribution in [3.8, 4) is 0 Å². The van der Waals surface area contributed by atoms with Crippen LogP contribution in [0.15, 0.2) is 65.7 Å². The lowest BCUT2D eigenvalue weighted by Crippen LogP contribution is -2.08. The average molecular weight is 237 g/mol. The smallest absolute Gasteiger partial charge is 0.342 e. The molecule has 0 aliphatic carbocycles. The average Bonchev–Trinajstić information content (AvgIpc) is 2.83. The Hall–Kier alpha value is -2.42. The first kappa shape index (κ1) is 10.7. The Balaban J connectivity index is 1.95. The molecule has 0 saturated heterocycles. The highest BCUT2D eigenvalue weighted by Gasteiger charge is 2.30. The predicted octanol–water partition coefficient (Wildman–Crippen LogP) is 2.73. The number of carbonyl (C=O) groups is 1. The van der Waals surface area contributed by atoms with Gasteiger partial charge in [-0.25, -0.2) is 9.79 Å². The van der Waals surface area contributed by atoms with Gasteiger partial charge in [-0.1, -0.05) is 48.5 Å². The van der Waals surface area contributed by atoms with Gasteiger partial charge in [0.1, 0.15) is 0 Å². The van der Waals surface area contributed by atoms with Crippen LogP contribution in [0, 0.1) is 0 Å². The lowest BCUT2D eigenvalue weighted by molar-refractivity contribution is -0.135. The summed E-state index contributed by atoms with van der Waals surface area (Å²) in [5, 5.41) is 0. The van der Waals surface area contributed by atoms with Crippen molar-refractivity contribution < 1.29 is 9.53 Å². The minimum absolute atomic E-state index is 0.319. The molecule has 1 atom stereocenters. The summed E-state index contributed by atoms with van der Waals surface area (Å²) in [5.74, 6) is 0.0782. The van der Waals surface area contributed by atoms with Crippen molar-refractivity contribution in [1.29, 1.82) is 0 Å². The van der Waals surface area contributed by atoms with Crippen LogP contribution in [0.25, 0.3) is 0 Å². The summed E-state index contributed by atoms with van der Waals surface area (Å²) < 4.78 is 5.23. The number of esters is 1. The van der Waals surface area contributed by atoms with E-state index in [2.05, 4.69) is 4.99 Å². The van der Waals surface area contributed by atoms with Crippen LogP contribution >= 0.6 is 0 Å². The molecule has 0 spiro atoms. The molecular formula is C15H11NO2. The van der Waals surface area contributed by atoms with Crippen molar-refractivity contribution in [2.75, 3.05) is 0 Å². The lowest BCUT2D eigenvalue weighted by atomic mass is 10.1. The standard InChI is InChI=1S/C15H11NO2/c17-15-13(11-7-3-1-4-8-11)16-14(18-15)12-9-5-2-6-10-12/h1-10,13H/t13-/m0/s1. The van der Waals surface area contributed by atoms with Crippen molar-refractivity contribution in [3.05, 3.63) is 71.8 Å². The first-order valence-electron chi connectivity index (χ1n) is 5.74. The molecule has 18 heavy (non-hydrogen) atoms. The highest BCUT2D eigenvalue weighted by molar-refractivity contribution is 6.06. The molecule has 88 valence electrons. The number of rotatable bonds is 2. The summed E-state index contributed by atoms with van der Waals surface area (Å²) >= 11 is 0. The number of nitrogens with zero attached hydrogens (tertiary/aromatic N) is 1. The van der Waals surface area contributed by atoms with Gasteiger partial charge in [-0.3, -0.25) is 0 Å². The third-order valence-electron chi connectivity index (χ3n) is 2.80. The Morgan fingerprint density at radius 3 is 2.17 bits per heavy atom. The minimum atomic E-state index is -0.540. The van der Waals surface area contributed by atoms with E-state index in [0.29, 0.717) is 5.90 Å². The second kappa shape index (κ2) is 4.45. The van der Waals surface area contributed by atoms with Crippen LogP contribution in [0.2, 0.25) is 0 Å². The van der Waals surface area contributed by atoms with E-state index in [1.165, 1.54) is 0 Å². The van der Waals surface area contributed by atoms with Gasteiger partial charge < -0.3 is 4.74 Å². The minimum Gasteiger partial charge on any atom is -0.405 e. The first-order valence-corrected chi connectivity index (χ1v) is 5.74. The Kier molecular flexibility index (Phi) is 2.65. The van der Waals surface area contributed by atoms with Gasteiger partial charge in [-0.15, -0.1) is 0 Å². The summed E-state index contributed by atoms with van der Waals surface area (Å²) in [6.07, 6.45) is 0. The molecule has 0 aromatic heterocycles. The molecule has 2 aromatic rings. The van der Waals surface area contributed by atoms with Crippen molar-refractivity contribution >= 4 is 11.9 Å². The molecule has 0 unspecified atom stereocenters. The predicted molar refractivity (Wildman–Crippen MR) is 68.3 cm³/mol. The summed E-state index contributed by atoms with van der Waals surface area (Å²) in [6.45, 7) is 0. The maximum atomic E-state index is 11.8. The molecular weight excluding hydrogens is 226 g/mol. The summed E-state index contributed by atoms with van der Waals surface area (Å²) in [5.41, 5.74) is 1.68. The van der Waals surface area contributed by atoms with Crippen LogP contribution in [0.4, 0.5) is 0 Å². The maximum Gasteiger partial charge on any atom is 0.342 e. The largest absolute Gasteiger partial charge is 0.405 e. The van der Waals surface area contributed by atoms with Gasteiger partial charge in [0.15, 0.2) is 6.04 Å². The molecule has 3 nitrogen and oxygen atoms in total. The van der Waals surface area contributed by atoms with Gasteiger partial charge >= 0.3 is 5.97 Å². The fourth-order valence-electron chi connectivity index (χ4n) is 1.91. The van der Waals surface area contributed by atoms with Gasteiger partial charge in [0.05, 0.1) is 0 Å². The molecule has 1 aliphatic rings. The lowest BCUT2D eigenvalue weighted by Gasteiger charge is -2.01. The molecule has 3 rings (SSSR count). The number of cyclic esters (lactones) is 1. The van der Waals surface area contributed by atoms with Crippen LogP contribution < -0.4 is 0 Å². The van der Waals surface area contributed by atoms with Crippen LogP contribution in [0.5, 0.6) is 0 Å². The summed E-state index contributed by atoms with van der Waals surface area (Å²) in [4.78, 5) is 16.2. The fraction of sp³-hybridized carbons (Fsp3) is 0.0667. The zero-order valence-electron chi connectivity index (χ0n) is 9.61. The number of hydrogen-bond acceptors (Lipinski definition) is 3. The maximum absolute atomic E-state index is 11.8. The van der Waals surface area contributed by atoms with Gasteiger partial charge in [0.2, 0.25) is 5.90 Å². The van der Waals surface area contributed by atoms with Crippen LogP contribution in [0.1, 0.15) is 17.2 Å².